The second kappa shape index (κ2) is 7.31. The molecule has 2 rings (SSSR count). The molecule has 0 aromatic heterocycles. The normalized spacial score (nSPS) is 9.91. The average Bonchev–Trinajstić information content (AvgIpc) is 2.55. The monoisotopic (exact) mass is 297 g/mol. The molecule has 0 bridgehead atoms. The molecule has 0 saturated carbocycles. The Kier molecular flexibility index (Phi) is 5.20. The Hall–Kier alpha value is -2.75. The van der Waals surface area contributed by atoms with Crippen LogP contribution in [0, 0.1) is 0 Å². The van der Waals surface area contributed by atoms with Crippen molar-refractivity contribution in [2.45, 2.75) is 6.42 Å². The Labute approximate surface area is 130 Å². The number of hydrogen-bond acceptors (Lipinski definition) is 4. The maximum Gasteiger partial charge on any atom is 0.168 e. The van der Waals surface area contributed by atoms with Crippen LogP contribution < -0.4 is 14.8 Å². The fourth-order valence-electron chi connectivity index (χ4n) is 2.06. The largest absolute Gasteiger partial charge is 0.497 e. The van der Waals surface area contributed by atoms with Crippen LogP contribution in [-0.4, -0.2) is 20.0 Å². The van der Waals surface area contributed by atoms with E-state index in [1.165, 1.54) is 0 Å². The van der Waals surface area contributed by atoms with Gasteiger partial charge in [0.05, 0.1) is 26.3 Å². The SMILES string of the molecule is C=C(CC(=O)c1ccccc1)Nc1ccc(OC)cc1OC. The van der Waals surface area contributed by atoms with Gasteiger partial charge in [0.25, 0.3) is 0 Å². The summed E-state index contributed by atoms with van der Waals surface area (Å²) in [5.74, 6) is 1.35. The molecule has 114 valence electrons. The molecule has 2 aromatic carbocycles. The number of allylic oxidation sites excluding steroid dienone is 1. The molecule has 0 heterocycles. The Morgan fingerprint density at radius 2 is 1.82 bits per heavy atom. The van der Waals surface area contributed by atoms with E-state index >= 15 is 0 Å². The fourth-order valence-corrected chi connectivity index (χ4v) is 2.06. The Morgan fingerprint density at radius 3 is 2.45 bits per heavy atom. The zero-order valence-electron chi connectivity index (χ0n) is 12.8. The van der Waals surface area contributed by atoms with Crippen molar-refractivity contribution in [1.29, 1.82) is 0 Å². The lowest BCUT2D eigenvalue weighted by atomic mass is 10.1. The maximum atomic E-state index is 12.1. The van der Waals surface area contributed by atoms with Crippen molar-refractivity contribution in [3.63, 3.8) is 0 Å². The molecule has 0 saturated heterocycles. The highest BCUT2D eigenvalue weighted by atomic mass is 16.5. The highest BCUT2D eigenvalue weighted by Crippen LogP contribution is 2.30. The van der Waals surface area contributed by atoms with Crippen LogP contribution in [0.4, 0.5) is 5.69 Å². The number of nitrogens with one attached hydrogen (secondary N) is 1. The number of hydrogen-bond donors (Lipinski definition) is 1. The standard InChI is InChI=1S/C18H19NO3/c1-13(11-17(20)14-7-5-4-6-8-14)19-16-10-9-15(21-2)12-18(16)22-3/h4-10,12,19H,1,11H2,2-3H3. The van der Waals surface area contributed by atoms with Gasteiger partial charge in [0.2, 0.25) is 0 Å². The summed E-state index contributed by atoms with van der Waals surface area (Å²) in [6, 6.07) is 14.6. The lowest BCUT2D eigenvalue weighted by Gasteiger charge is -2.14. The highest BCUT2D eigenvalue weighted by Gasteiger charge is 2.10. The average molecular weight is 297 g/mol. The molecule has 0 aliphatic heterocycles. The van der Waals surface area contributed by atoms with Crippen LogP contribution in [-0.2, 0) is 0 Å². The molecule has 0 fully saturated rings. The zero-order chi connectivity index (χ0) is 15.9. The van der Waals surface area contributed by atoms with Gasteiger partial charge in [-0.25, -0.2) is 0 Å². The smallest absolute Gasteiger partial charge is 0.168 e. The molecule has 22 heavy (non-hydrogen) atoms. The molecule has 0 unspecified atom stereocenters. The summed E-state index contributed by atoms with van der Waals surface area (Å²) in [6.45, 7) is 3.91. The van der Waals surface area contributed by atoms with Crippen LogP contribution in [0.15, 0.2) is 60.8 Å². The number of benzene rings is 2. The van der Waals surface area contributed by atoms with E-state index in [0.717, 1.165) is 5.69 Å². The molecule has 1 N–H and O–H groups in total. The fraction of sp³-hybridized carbons (Fsp3) is 0.167. The summed E-state index contributed by atoms with van der Waals surface area (Å²) in [7, 11) is 3.18. The van der Waals surface area contributed by atoms with Crippen molar-refractivity contribution in [3.8, 4) is 11.5 Å². The van der Waals surface area contributed by atoms with Gasteiger partial charge in [-0.15, -0.1) is 0 Å². The second-order valence-corrected chi connectivity index (χ2v) is 4.76. The van der Waals surface area contributed by atoms with E-state index in [1.807, 2.05) is 30.3 Å². The van der Waals surface area contributed by atoms with Gasteiger partial charge in [0, 0.05) is 17.3 Å². The van der Waals surface area contributed by atoms with E-state index in [9.17, 15) is 4.79 Å². The maximum absolute atomic E-state index is 12.1. The van der Waals surface area contributed by atoms with Gasteiger partial charge in [-0.05, 0) is 12.1 Å². The first-order valence-corrected chi connectivity index (χ1v) is 6.89. The van der Waals surface area contributed by atoms with Gasteiger partial charge in [-0.3, -0.25) is 4.79 Å². The van der Waals surface area contributed by atoms with E-state index in [2.05, 4.69) is 11.9 Å². The number of methoxy groups -OCH3 is 2. The Morgan fingerprint density at radius 1 is 1.09 bits per heavy atom. The Bertz CT molecular complexity index is 665. The lowest BCUT2D eigenvalue weighted by Crippen LogP contribution is -2.07. The van der Waals surface area contributed by atoms with Crippen molar-refractivity contribution >= 4 is 11.5 Å². The number of ether oxygens (including phenoxy) is 2. The Balaban J connectivity index is 2.05. The van der Waals surface area contributed by atoms with Gasteiger partial charge >= 0.3 is 0 Å². The third-order valence-electron chi connectivity index (χ3n) is 3.19. The van der Waals surface area contributed by atoms with Gasteiger partial charge in [0.15, 0.2) is 5.78 Å². The molecule has 4 nitrogen and oxygen atoms in total. The molecular formula is C18H19NO3. The number of anilines is 1. The summed E-state index contributed by atoms with van der Waals surface area (Å²) >= 11 is 0. The van der Waals surface area contributed by atoms with Gasteiger partial charge in [-0.1, -0.05) is 36.9 Å². The molecule has 0 aliphatic rings. The minimum atomic E-state index is 0.0191. The van der Waals surface area contributed by atoms with Gasteiger partial charge < -0.3 is 14.8 Å². The van der Waals surface area contributed by atoms with E-state index in [1.54, 1.807) is 32.4 Å². The highest BCUT2D eigenvalue weighted by molar-refractivity contribution is 5.97. The van der Waals surface area contributed by atoms with Crippen LogP contribution >= 0.6 is 0 Å². The summed E-state index contributed by atoms with van der Waals surface area (Å²) in [5, 5.41) is 3.12. The minimum Gasteiger partial charge on any atom is -0.497 e. The van der Waals surface area contributed by atoms with Crippen molar-refractivity contribution in [2.24, 2.45) is 0 Å². The minimum absolute atomic E-state index is 0.0191. The van der Waals surface area contributed by atoms with E-state index in [0.29, 0.717) is 22.8 Å². The predicted molar refractivity (Wildman–Crippen MR) is 87.7 cm³/mol. The van der Waals surface area contributed by atoms with E-state index in [-0.39, 0.29) is 12.2 Å². The zero-order valence-corrected chi connectivity index (χ0v) is 12.8. The third kappa shape index (κ3) is 3.88. The molecule has 0 radical (unpaired) electrons. The van der Waals surface area contributed by atoms with Gasteiger partial charge in [-0.2, -0.15) is 0 Å². The summed E-state index contributed by atoms with van der Waals surface area (Å²) in [6.07, 6.45) is 0.221. The number of ketones is 1. The van der Waals surface area contributed by atoms with E-state index < -0.39 is 0 Å². The number of carbonyl (C=O) groups is 1. The first kappa shape index (κ1) is 15.6. The van der Waals surface area contributed by atoms with Crippen molar-refractivity contribution in [3.05, 3.63) is 66.4 Å². The van der Waals surface area contributed by atoms with Crippen LogP contribution in [0.1, 0.15) is 16.8 Å². The molecule has 0 atom stereocenters. The molecule has 0 spiro atoms. The van der Waals surface area contributed by atoms with Crippen molar-refractivity contribution < 1.29 is 14.3 Å². The van der Waals surface area contributed by atoms with E-state index in [4.69, 9.17) is 9.47 Å². The molecule has 0 aliphatic carbocycles. The number of rotatable bonds is 7. The predicted octanol–water partition coefficient (Wildman–Crippen LogP) is 3.90. The topological polar surface area (TPSA) is 47.6 Å². The van der Waals surface area contributed by atoms with Crippen LogP contribution in [0.5, 0.6) is 11.5 Å². The summed E-state index contributed by atoms with van der Waals surface area (Å²) in [5.41, 5.74) is 2.03. The van der Waals surface area contributed by atoms with Crippen LogP contribution in [0.3, 0.4) is 0 Å². The van der Waals surface area contributed by atoms with Crippen LogP contribution in [0.25, 0.3) is 0 Å². The molecule has 4 heteroatoms. The lowest BCUT2D eigenvalue weighted by molar-refractivity contribution is 0.0993. The first-order valence-electron chi connectivity index (χ1n) is 6.89. The second-order valence-electron chi connectivity index (χ2n) is 4.76. The molecule has 2 aromatic rings. The first-order chi connectivity index (χ1) is 10.6. The summed E-state index contributed by atoms with van der Waals surface area (Å²) in [4.78, 5) is 12.1. The number of carbonyl (C=O) groups excluding carboxylic acids is 1. The summed E-state index contributed by atoms with van der Waals surface area (Å²) < 4.78 is 10.5. The number of Topliss-reactive ketones (excluding diaryl/α,β-unsaturated/α-hetero) is 1. The van der Waals surface area contributed by atoms with Crippen LogP contribution in [0.2, 0.25) is 0 Å². The quantitative estimate of drug-likeness (QED) is 0.787. The van der Waals surface area contributed by atoms with Gasteiger partial charge in [0.1, 0.15) is 11.5 Å². The van der Waals surface area contributed by atoms with Crippen molar-refractivity contribution in [2.75, 3.05) is 19.5 Å². The molecule has 0 amide bonds. The van der Waals surface area contributed by atoms with Crippen molar-refractivity contribution in [1.82, 2.24) is 0 Å². The third-order valence-corrected chi connectivity index (χ3v) is 3.19. The molecular weight excluding hydrogens is 278 g/mol.